The predicted molar refractivity (Wildman–Crippen MR) is 116 cm³/mol. The van der Waals surface area contributed by atoms with E-state index in [1.165, 1.54) is 12.1 Å². The standard InChI is InChI=1S/C25H20FN3O/c26-19-13-11-18(12-14-19)24-21-22(17-7-3-1-4-8-17)27-15-16-28-23(21)25(30)29(24)20-9-5-2-6-10-20/h1-14,24,28H,15-16H2. The second kappa shape index (κ2) is 7.59. The van der Waals surface area contributed by atoms with Crippen molar-refractivity contribution in [3.63, 3.8) is 0 Å². The lowest BCUT2D eigenvalue weighted by Crippen LogP contribution is -2.33. The first-order valence-electron chi connectivity index (χ1n) is 9.96. The molecule has 1 atom stereocenters. The van der Waals surface area contributed by atoms with E-state index in [2.05, 4.69) is 5.32 Å². The minimum atomic E-state index is -0.403. The Labute approximate surface area is 174 Å². The van der Waals surface area contributed by atoms with Gasteiger partial charge >= 0.3 is 0 Å². The number of carbonyl (C=O) groups is 1. The number of benzene rings is 3. The molecular formula is C25H20FN3O. The van der Waals surface area contributed by atoms with Gasteiger partial charge < -0.3 is 5.32 Å². The molecule has 3 aromatic carbocycles. The largest absolute Gasteiger partial charge is 0.378 e. The number of hydrogen-bond donors (Lipinski definition) is 1. The van der Waals surface area contributed by atoms with Gasteiger partial charge in [0.05, 0.1) is 18.3 Å². The van der Waals surface area contributed by atoms with Crippen molar-refractivity contribution < 1.29 is 9.18 Å². The highest BCUT2D eigenvalue weighted by Gasteiger charge is 2.43. The molecule has 1 N–H and O–H groups in total. The van der Waals surface area contributed by atoms with Crippen LogP contribution in [0.2, 0.25) is 0 Å². The Morgan fingerprint density at radius 2 is 1.57 bits per heavy atom. The minimum absolute atomic E-state index is 0.101. The van der Waals surface area contributed by atoms with Crippen molar-refractivity contribution in [1.29, 1.82) is 0 Å². The highest BCUT2D eigenvalue weighted by Crippen LogP contribution is 2.42. The van der Waals surface area contributed by atoms with Gasteiger partial charge in [-0.1, -0.05) is 60.7 Å². The molecule has 0 fully saturated rings. The molecule has 0 saturated carbocycles. The van der Waals surface area contributed by atoms with Gasteiger partial charge in [-0.3, -0.25) is 14.7 Å². The number of nitrogens with zero attached hydrogens (tertiary/aromatic N) is 2. The molecule has 5 rings (SSSR count). The number of anilines is 1. The molecular weight excluding hydrogens is 377 g/mol. The van der Waals surface area contributed by atoms with Crippen molar-refractivity contribution in [3.05, 3.63) is 113 Å². The zero-order chi connectivity index (χ0) is 20.5. The lowest BCUT2D eigenvalue weighted by molar-refractivity contribution is -0.115. The lowest BCUT2D eigenvalue weighted by atomic mass is 9.91. The summed E-state index contributed by atoms with van der Waals surface area (Å²) in [4.78, 5) is 20.2. The van der Waals surface area contributed by atoms with E-state index in [0.717, 1.165) is 28.1 Å². The van der Waals surface area contributed by atoms with Crippen molar-refractivity contribution >= 4 is 17.3 Å². The van der Waals surface area contributed by atoms with E-state index in [1.54, 1.807) is 17.0 Å². The van der Waals surface area contributed by atoms with Crippen LogP contribution in [0, 0.1) is 5.82 Å². The van der Waals surface area contributed by atoms with E-state index in [4.69, 9.17) is 4.99 Å². The third-order valence-electron chi connectivity index (χ3n) is 5.44. The molecule has 148 valence electrons. The molecule has 2 aliphatic rings. The summed E-state index contributed by atoms with van der Waals surface area (Å²) in [6.45, 7) is 1.16. The summed E-state index contributed by atoms with van der Waals surface area (Å²) in [7, 11) is 0. The normalized spacial score (nSPS) is 18.6. The maximum atomic E-state index is 13.7. The van der Waals surface area contributed by atoms with Gasteiger partial charge in [0, 0.05) is 23.4 Å². The molecule has 0 spiro atoms. The summed E-state index contributed by atoms with van der Waals surface area (Å²) >= 11 is 0. The molecule has 0 aromatic heterocycles. The van der Waals surface area contributed by atoms with E-state index in [1.807, 2.05) is 60.7 Å². The van der Waals surface area contributed by atoms with Gasteiger partial charge in [0.15, 0.2) is 0 Å². The topological polar surface area (TPSA) is 44.7 Å². The smallest absolute Gasteiger partial charge is 0.275 e. The number of carbonyl (C=O) groups excluding carboxylic acids is 1. The Kier molecular flexibility index (Phi) is 4.64. The molecule has 2 heterocycles. The summed E-state index contributed by atoms with van der Waals surface area (Å²) in [5.41, 5.74) is 4.79. The van der Waals surface area contributed by atoms with Crippen LogP contribution in [0.3, 0.4) is 0 Å². The fraction of sp³-hybridized carbons (Fsp3) is 0.120. The molecule has 0 radical (unpaired) electrons. The summed E-state index contributed by atoms with van der Waals surface area (Å²) in [6.07, 6.45) is 0. The van der Waals surface area contributed by atoms with Crippen LogP contribution < -0.4 is 10.2 Å². The first kappa shape index (κ1) is 18.3. The third kappa shape index (κ3) is 3.08. The Hall–Kier alpha value is -3.73. The number of rotatable bonds is 3. The summed E-state index contributed by atoms with van der Waals surface area (Å²) in [6, 6.07) is 25.4. The molecule has 4 nitrogen and oxygen atoms in total. The van der Waals surface area contributed by atoms with Crippen molar-refractivity contribution in [2.75, 3.05) is 18.0 Å². The molecule has 0 saturated heterocycles. The van der Waals surface area contributed by atoms with Gasteiger partial charge in [0.1, 0.15) is 11.5 Å². The fourth-order valence-corrected chi connectivity index (χ4v) is 4.13. The van der Waals surface area contributed by atoms with Crippen LogP contribution in [0.4, 0.5) is 10.1 Å². The maximum Gasteiger partial charge on any atom is 0.275 e. The predicted octanol–water partition coefficient (Wildman–Crippen LogP) is 4.26. The van der Waals surface area contributed by atoms with E-state index < -0.39 is 6.04 Å². The first-order valence-corrected chi connectivity index (χ1v) is 9.96. The van der Waals surface area contributed by atoms with Gasteiger partial charge in [-0.15, -0.1) is 0 Å². The van der Waals surface area contributed by atoms with Gasteiger partial charge in [-0.2, -0.15) is 0 Å². The monoisotopic (exact) mass is 397 g/mol. The highest BCUT2D eigenvalue weighted by molar-refractivity contribution is 6.23. The van der Waals surface area contributed by atoms with Crippen LogP contribution in [0.15, 0.2) is 101 Å². The van der Waals surface area contributed by atoms with Crippen LogP contribution in [0.25, 0.3) is 0 Å². The molecule has 5 heteroatoms. The van der Waals surface area contributed by atoms with E-state index in [9.17, 15) is 9.18 Å². The second-order valence-electron chi connectivity index (χ2n) is 7.28. The average molecular weight is 397 g/mol. The molecule has 1 amide bonds. The van der Waals surface area contributed by atoms with Crippen LogP contribution >= 0.6 is 0 Å². The Bertz CT molecular complexity index is 1140. The van der Waals surface area contributed by atoms with E-state index >= 15 is 0 Å². The molecule has 0 aliphatic carbocycles. The number of amides is 1. The van der Waals surface area contributed by atoms with Crippen molar-refractivity contribution in [2.24, 2.45) is 4.99 Å². The van der Waals surface area contributed by atoms with Gasteiger partial charge in [-0.25, -0.2) is 4.39 Å². The molecule has 3 aromatic rings. The first-order chi connectivity index (χ1) is 14.7. The third-order valence-corrected chi connectivity index (χ3v) is 5.44. The Balaban J connectivity index is 1.73. The summed E-state index contributed by atoms with van der Waals surface area (Å²) in [5, 5.41) is 3.30. The van der Waals surface area contributed by atoms with Crippen LogP contribution in [-0.2, 0) is 4.79 Å². The van der Waals surface area contributed by atoms with Crippen LogP contribution in [0.1, 0.15) is 17.2 Å². The number of para-hydroxylation sites is 1. The fourth-order valence-electron chi connectivity index (χ4n) is 4.13. The zero-order valence-electron chi connectivity index (χ0n) is 16.3. The molecule has 0 bridgehead atoms. The summed E-state index contributed by atoms with van der Waals surface area (Å²) < 4.78 is 13.7. The van der Waals surface area contributed by atoms with Crippen LogP contribution in [-0.4, -0.2) is 24.7 Å². The zero-order valence-corrected chi connectivity index (χ0v) is 16.3. The summed E-state index contributed by atoms with van der Waals surface area (Å²) in [5.74, 6) is -0.407. The van der Waals surface area contributed by atoms with E-state index in [-0.39, 0.29) is 11.7 Å². The SMILES string of the molecule is O=C1C2=C(C(c3ccccc3)=NCCN2)C(c2ccc(F)cc2)N1c1ccccc1. The van der Waals surface area contributed by atoms with Crippen molar-refractivity contribution in [2.45, 2.75) is 6.04 Å². The maximum absolute atomic E-state index is 13.7. The number of halogens is 1. The highest BCUT2D eigenvalue weighted by atomic mass is 19.1. The minimum Gasteiger partial charge on any atom is -0.378 e. The number of nitrogens with one attached hydrogen (secondary N) is 1. The van der Waals surface area contributed by atoms with Gasteiger partial charge in [0.25, 0.3) is 5.91 Å². The molecule has 1 unspecified atom stereocenters. The van der Waals surface area contributed by atoms with E-state index in [0.29, 0.717) is 18.8 Å². The molecule has 30 heavy (non-hydrogen) atoms. The Morgan fingerprint density at radius 3 is 2.27 bits per heavy atom. The van der Waals surface area contributed by atoms with Crippen LogP contribution in [0.5, 0.6) is 0 Å². The number of hydrogen-bond acceptors (Lipinski definition) is 3. The molecule has 2 aliphatic heterocycles. The van der Waals surface area contributed by atoms with Crippen molar-refractivity contribution in [3.8, 4) is 0 Å². The van der Waals surface area contributed by atoms with Gasteiger partial charge in [0.2, 0.25) is 0 Å². The quantitative estimate of drug-likeness (QED) is 0.718. The Morgan fingerprint density at radius 1 is 0.900 bits per heavy atom. The number of aliphatic imine (C=N–C) groups is 1. The van der Waals surface area contributed by atoms with Gasteiger partial charge in [-0.05, 0) is 29.8 Å². The lowest BCUT2D eigenvalue weighted by Gasteiger charge is -2.28. The van der Waals surface area contributed by atoms with Crippen molar-refractivity contribution in [1.82, 2.24) is 5.32 Å². The second-order valence-corrected chi connectivity index (χ2v) is 7.28. The average Bonchev–Trinajstić information content (AvgIpc) is 2.93.